The molecule has 0 unspecified atom stereocenters. The zero-order valence-electron chi connectivity index (χ0n) is 14.1. The van der Waals surface area contributed by atoms with Gasteiger partial charge in [0, 0.05) is 32.4 Å². The highest BCUT2D eigenvalue weighted by Gasteiger charge is 2.26. The quantitative estimate of drug-likeness (QED) is 0.789. The molecule has 2 aliphatic rings. The van der Waals surface area contributed by atoms with Crippen LogP contribution >= 0.6 is 11.8 Å². The molecule has 0 aromatic carbocycles. The van der Waals surface area contributed by atoms with Crippen molar-refractivity contribution < 1.29 is 18.8 Å². The van der Waals surface area contributed by atoms with Crippen LogP contribution in [0.3, 0.4) is 0 Å². The molecule has 0 aliphatic carbocycles. The van der Waals surface area contributed by atoms with Crippen molar-refractivity contribution in [1.29, 1.82) is 0 Å². The SMILES string of the molecule is O=C1NC(=O)/C(=C\c2ccnc(N3CCN(C(=O)c4ccco4)CC3)n2)S1. The first kappa shape index (κ1) is 17.3. The smallest absolute Gasteiger partial charge is 0.290 e. The number of anilines is 1. The average Bonchev–Trinajstić information content (AvgIpc) is 3.32. The van der Waals surface area contributed by atoms with E-state index in [2.05, 4.69) is 15.3 Å². The Labute approximate surface area is 158 Å². The van der Waals surface area contributed by atoms with Crippen molar-refractivity contribution in [3.8, 4) is 0 Å². The molecule has 0 atom stereocenters. The molecule has 2 aliphatic heterocycles. The Morgan fingerprint density at radius 1 is 1.22 bits per heavy atom. The van der Waals surface area contributed by atoms with Crippen LogP contribution < -0.4 is 10.2 Å². The lowest BCUT2D eigenvalue weighted by Gasteiger charge is -2.34. The van der Waals surface area contributed by atoms with Crippen molar-refractivity contribution in [2.24, 2.45) is 0 Å². The number of carbonyl (C=O) groups excluding carboxylic acids is 3. The van der Waals surface area contributed by atoms with Gasteiger partial charge in [-0.1, -0.05) is 0 Å². The maximum atomic E-state index is 12.3. The number of hydrogen-bond acceptors (Lipinski definition) is 8. The standard InChI is InChI=1S/C17H15N5O4S/c23-14-13(27-17(25)20-14)10-11-3-4-18-16(19-11)22-7-5-21(6-8-22)15(24)12-2-1-9-26-12/h1-4,9-10H,5-8H2,(H,20,23,25)/b13-10+. The van der Waals surface area contributed by atoms with E-state index in [1.807, 2.05) is 4.90 Å². The summed E-state index contributed by atoms with van der Waals surface area (Å²) in [7, 11) is 0. The second kappa shape index (κ2) is 7.23. The monoisotopic (exact) mass is 385 g/mol. The van der Waals surface area contributed by atoms with Gasteiger partial charge in [0.05, 0.1) is 16.9 Å². The van der Waals surface area contributed by atoms with E-state index in [1.165, 1.54) is 6.26 Å². The zero-order valence-corrected chi connectivity index (χ0v) is 14.9. The van der Waals surface area contributed by atoms with E-state index in [1.54, 1.807) is 35.4 Å². The summed E-state index contributed by atoms with van der Waals surface area (Å²) in [5, 5.41) is 1.82. The number of aromatic nitrogens is 2. The first-order chi connectivity index (χ1) is 13.1. The third kappa shape index (κ3) is 3.70. The highest BCUT2D eigenvalue weighted by Crippen LogP contribution is 2.25. The molecule has 0 radical (unpaired) electrons. The summed E-state index contributed by atoms with van der Waals surface area (Å²) in [6.07, 6.45) is 4.65. The Bertz CT molecular complexity index is 919. The number of imide groups is 1. The van der Waals surface area contributed by atoms with Gasteiger partial charge in [0.1, 0.15) is 0 Å². The lowest BCUT2D eigenvalue weighted by atomic mass is 10.3. The molecule has 10 heteroatoms. The van der Waals surface area contributed by atoms with Crippen molar-refractivity contribution in [2.45, 2.75) is 0 Å². The number of thioether (sulfide) groups is 1. The van der Waals surface area contributed by atoms with Gasteiger partial charge >= 0.3 is 0 Å². The van der Waals surface area contributed by atoms with E-state index < -0.39 is 11.1 Å². The number of piperazine rings is 1. The van der Waals surface area contributed by atoms with Gasteiger partial charge in [-0.2, -0.15) is 0 Å². The van der Waals surface area contributed by atoms with Gasteiger partial charge in [-0.05, 0) is 36.0 Å². The summed E-state index contributed by atoms with van der Waals surface area (Å²) >= 11 is 0.847. The van der Waals surface area contributed by atoms with Crippen molar-refractivity contribution in [1.82, 2.24) is 20.2 Å². The maximum Gasteiger partial charge on any atom is 0.290 e. The lowest BCUT2D eigenvalue weighted by Crippen LogP contribution is -2.49. The van der Waals surface area contributed by atoms with E-state index in [4.69, 9.17) is 4.42 Å². The molecule has 3 amide bonds. The normalized spacial score (nSPS) is 18.9. The third-order valence-electron chi connectivity index (χ3n) is 4.17. The number of rotatable bonds is 3. The summed E-state index contributed by atoms with van der Waals surface area (Å²) in [4.78, 5) is 48.0. The van der Waals surface area contributed by atoms with Gasteiger partial charge in [0.25, 0.3) is 17.1 Å². The van der Waals surface area contributed by atoms with E-state index >= 15 is 0 Å². The van der Waals surface area contributed by atoms with Crippen LogP contribution in [0.5, 0.6) is 0 Å². The van der Waals surface area contributed by atoms with Gasteiger partial charge in [0.15, 0.2) is 5.76 Å². The lowest BCUT2D eigenvalue weighted by molar-refractivity contribution is -0.115. The molecule has 4 rings (SSSR count). The number of hydrogen-bond donors (Lipinski definition) is 1. The highest BCUT2D eigenvalue weighted by atomic mass is 32.2. The van der Waals surface area contributed by atoms with E-state index in [9.17, 15) is 14.4 Å². The Morgan fingerprint density at radius 2 is 2.04 bits per heavy atom. The number of amides is 3. The number of nitrogens with one attached hydrogen (secondary N) is 1. The molecule has 27 heavy (non-hydrogen) atoms. The Balaban J connectivity index is 1.43. The predicted octanol–water partition coefficient (Wildman–Crippen LogP) is 1.36. The molecule has 2 fully saturated rings. The molecule has 9 nitrogen and oxygen atoms in total. The fourth-order valence-corrected chi connectivity index (χ4v) is 3.48. The Kier molecular flexibility index (Phi) is 4.63. The van der Waals surface area contributed by atoms with Crippen LogP contribution in [-0.4, -0.2) is 58.1 Å². The highest BCUT2D eigenvalue weighted by molar-refractivity contribution is 8.18. The number of carbonyl (C=O) groups is 3. The van der Waals surface area contributed by atoms with Crippen molar-refractivity contribution in [3.63, 3.8) is 0 Å². The summed E-state index contributed by atoms with van der Waals surface area (Å²) in [5.74, 6) is 0.294. The minimum absolute atomic E-state index is 0.131. The second-order valence-corrected chi connectivity index (χ2v) is 6.91. The van der Waals surface area contributed by atoms with E-state index in [0.717, 1.165) is 11.8 Å². The number of furan rings is 1. The van der Waals surface area contributed by atoms with Crippen molar-refractivity contribution >= 4 is 40.8 Å². The molecule has 138 valence electrons. The predicted molar refractivity (Wildman–Crippen MR) is 98.0 cm³/mol. The van der Waals surface area contributed by atoms with Gasteiger partial charge < -0.3 is 14.2 Å². The second-order valence-electron chi connectivity index (χ2n) is 5.89. The molecule has 2 aromatic heterocycles. The Morgan fingerprint density at radius 3 is 2.70 bits per heavy atom. The minimum Gasteiger partial charge on any atom is -0.459 e. The average molecular weight is 385 g/mol. The largest absolute Gasteiger partial charge is 0.459 e. The van der Waals surface area contributed by atoms with E-state index in [0.29, 0.717) is 48.5 Å². The fraction of sp³-hybridized carbons (Fsp3) is 0.235. The maximum absolute atomic E-state index is 12.3. The third-order valence-corrected chi connectivity index (χ3v) is 4.98. The van der Waals surface area contributed by atoms with Gasteiger partial charge in [-0.25, -0.2) is 9.97 Å². The summed E-state index contributed by atoms with van der Waals surface area (Å²) in [6.45, 7) is 2.22. The molecule has 2 saturated heterocycles. The molecule has 0 saturated carbocycles. The summed E-state index contributed by atoms with van der Waals surface area (Å²) in [5.41, 5.74) is 0.543. The van der Waals surface area contributed by atoms with Crippen LogP contribution in [0.25, 0.3) is 6.08 Å². The fourth-order valence-electron chi connectivity index (χ4n) is 2.82. The van der Waals surface area contributed by atoms with Crippen molar-refractivity contribution in [2.75, 3.05) is 31.1 Å². The molecular formula is C17H15N5O4S. The van der Waals surface area contributed by atoms with Crippen LogP contribution in [0.15, 0.2) is 40.0 Å². The molecule has 1 N–H and O–H groups in total. The summed E-state index contributed by atoms with van der Waals surface area (Å²) in [6, 6.07) is 5.01. The van der Waals surface area contributed by atoms with Crippen LogP contribution in [-0.2, 0) is 4.79 Å². The van der Waals surface area contributed by atoms with E-state index in [-0.39, 0.29) is 5.91 Å². The van der Waals surface area contributed by atoms with Crippen molar-refractivity contribution in [3.05, 3.63) is 47.0 Å². The topological polar surface area (TPSA) is 109 Å². The van der Waals surface area contributed by atoms with Crippen LogP contribution in [0.1, 0.15) is 16.2 Å². The molecule has 4 heterocycles. The minimum atomic E-state index is -0.421. The van der Waals surface area contributed by atoms with Crippen LogP contribution in [0.4, 0.5) is 10.7 Å². The van der Waals surface area contributed by atoms with Crippen LogP contribution in [0.2, 0.25) is 0 Å². The zero-order chi connectivity index (χ0) is 18.8. The first-order valence-corrected chi connectivity index (χ1v) is 9.07. The van der Waals surface area contributed by atoms with Gasteiger partial charge in [-0.15, -0.1) is 0 Å². The number of nitrogens with zero attached hydrogens (tertiary/aromatic N) is 4. The van der Waals surface area contributed by atoms with Gasteiger partial charge in [-0.3, -0.25) is 19.7 Å². The molecule has 2 aromatic rings. The summed E-state index contributed by atoms with van der Waals surface area (Å²) < 4.78 is 5.16. The molecule has 0 spiro atoms. The Hall–Kier alpha value is -3.14. The molecule has 0 bridgehead atoms. The molecular weight excluding hydrogens is 370 g/mol. The van der Waals surface area contributed by atoms with Gasteiger partial charge in [0.2, 0.25) is 5.95 Å². The van der Waals surface area contributed by atoms with Crippen LogP contribution in [0, 0.1) is 0 Å². The first-order valence-electron chi connectivity index (χ1n) is 8.26.